The Morgan fingerprint density at radius 3 is 2.65 bits per heavy atom. The Labute approximate surface area is 176 Å². The summed E-state index contributed by atoms with van der Waals surface area (Å²) < 4.78 is 0. The van der Waals surface area contributed by atoms with E-state index in [1.165, 1.54) is 19.4 Å². The number of rotatable bonds is 9. The van der Waals surface area contributed by atoms with Gasteiger partial charge in [-0.1, -0.05) is 13.8 Å². The van der Waals surface area contributed by atoms with E-state index in [9.17, 15) is 4.79 Å². The number of halogens is 1. The minimum Gasteiger partial charge on any atom is -0.357 e. The van der Waals surface area contributed by atoms with Crippen molar-refractivity contribution in [3.63, 3.8) is 0 Å². The zero-order valence-electron chi connectivity index (χ0n) is 16.8. The van der Waals surface area contributed by atoms with Crippen LogP contribution in [0.25, 0.3) is 0 Å². The number of guanidine groups is 1. The van der Waals surface area contributed by atoms with Crippen molar-refractivity contribution in [2.75, 3.05) is 39.3 Å². The normalized spacial score (nSPS) is 22.4. The molecule has 2 fully saturated rings. The number of carbonyl (C=O) groups is 1. The van der Waals surface area contributed by atoms with Gasteiger partial charge in [-0.25, -0.2) is 0 Å². The van der Waals surface area contributed by atoms with Crippen LogP contribution in [0.5, 0.6) is 0 Å². The molecule has 0 bridgehead atoms. The second-order valence-corrected chi connectivity index (χ2v) is 7.11. The second kappa shape index (κ2) is 12.8. The molecular weight excluding hydrogens is 441 g/mol. The van der Waals surface area contributed by atoms with E-state index in [0.717, 1.165) is 64.4 Å². The summed E-state index contributed by atoms with van der Waals surface area (Å²) in [6.45, 7) is 12.4. The molecule has 2 atom stereocenters. The molecule has 0 aromatic heterocycles. The average Bonchev–Trinajstić information content (AvgIpc) is 3.25. The first-order valence-corrected chi connectivity index (χ1v) is 10.2. The van der Waals surface area contributed by atoms with Gasteiger partial charge in [0.05, 0.1) is 6.54 Å². The fraction of sp³-hybridized carbons (Fsp3) is 0.895. The number of likely N-dealkylation sites (tertiary alicyclic amines) is 2. The molecule has 2 unspecified atom stereocenters. The monoisotopic (exact) mass is 479 g/mol. The maximum Gasteiger partial charge on any atom is 0.222 e. The summed E-state index contributed by atoms with van der Waals surface area (Å²) in [5.74, 6) is 1.24. The Bertz CT molecular complexity index is 446. The lowest BCUT2D eigenvalue weighted by molar-refractivity contribution is -0.129. The molecule has 2 saturated heterocycles. The van der Waals surface area contributed by atoms with Crippen LogP contribution in [0.1, 0.15) is 59.3 Å². The summed E-state index contributed by atoms with van der Waals surface area (Å²) in [6, 6.07) is 0.946. The molecule has 0 aromatic rings. The van der Waals surface area contributed by atoms with E-state index >= 15 is 0 Å². The summed E-state index contributed by atoms with van der Waals surface area (Å²) in [7, 11) is 0. The van der Waals surface area contributed by atoms with Crippen LogP contribution >= 0.6 is 24.0 Å². The van der Waals surface area contributed by atoms with E-state index in [-0.39, 0.29) is 24.0 Å². The summed E-state index contributed by atoms with van der Waals surface area (Å²) in [5.41, 5.74) is 0. The van der Waals surface area contributed by atoms with Gasteiger partial charge in [-0.3, -0.25) is 14.7 Å². The van der Waals surface area contributed by atoms with E-state index in [4.69, 9.17) is 4.99 Å². The van der Waals surface area contributed by atoms with Crippen LogP contribution < -0.4 is 10.6 Å². The lowest BCUT2D eigenvalue weighted by atomic mass is 10.1. The Balaban J connectivity index is 0.00000338. The second-order valence-electron chi connectivity index (χ2n) is 7.11. The molecule has 0 aromatic carbocycles. The van der Waals surface area contributed by atoms with Crippen LogP contribution in [0.3, 0.4) is 0 Å². The molecule has 0 spiro atoms. The van der Waals surface area contributed by atoms with E-state index in [0.29, 0.717) is 18.0 Å². The standard InChI is InChI=1S/C19H37N5O.HI/c1-4-16(24-14-8-10-18(24)25)11-12-21-19(20-5-2)22-15-17-9-7-13-23(17)6-3;/h16-17H,4-15H2,1-3H3,(H2,20,21,22);1H. The van der Waals surface area contributed by atoms with Gasteiger partial charge in [0.25, 0.3) is 0 Å². The summed E-state index contributed by atoms with van der Waals surface area (Å²) in [5, 5.41) is 6.81. The highest BCUT2D eigenvalue weighted by Gasteiger charge is 2.26. The smallest absolute Gasteiger partial charge is 0.222 e. The first-order chi connectivity index (χ1) is 12.2. The van der Waals surface area contributed by atoms with Gasteiger partial charge in [0.15, 0.2) is 5.96 Å². The Morgan fingerprint density at radius 1 is 1.23 bits per heavy atom. The first-order valence-electron chi connectivity index (χ1n) is 10.2. The molecule has 0 radical (unpaired) electrons. The van der Waals surface area contributed by atoms with Crippen LogP contribution in [-0.4, -0.2) is 73.0 Å². The summed E-state index contributed by atoms with van der Waals surface area (Å²) in [6.07, 6.45) is 6.29. The third-order valence-electron chi connectivity index (χ3n) is 5.50. The van der Waals surface area contributed by atoms with Crippen LogP contribution in [0.2, 0.25) is 0 Å². The molecule has 2 aliphatic heterocycles. The van der Waals surface area contributed by atoms with Crippen molar-refractivity contribution in [1.29, 1.82) is 0 Å². The van der Waals surface area contributed by atoms with Gasteiger partial charge in [0, 0.05) is 38.1 Å². The molecular formula is C19H38IN5O. The molecule has 0 saturated carbocycles. The summed E-state index contributed by atoms with van der Waals surface area (Å²) >= 11 is 0. The van der Waals surface area contributed by atoms with E-state index in [2.05, 4.69) is 41.2 Å². The van der Waals surface area contributed by atoms with Crippen LogP contribution in [0.15, 0.2) is 4.99 Å². The van der Waals surface area contributed by atoms with Crippen LogP contribution in [-0.2, 0) is 4.79 Å². The number of carbonyl (C=O) groups excluding carboxylic acids is 1. The maximum atomic E-state index is 11.9. The zero-order valence-corrected chi connectivity index (χ0v) is 19.1. The van der Waals surface area contributed by atoms with Crippen molar-refractivity contribution < 1.29 is 4.79 Å². The number of likely N-dealkylation sites (N-methyl/N-ethyl adjacent to an activating group) is 1. The van der Waals surface area contributed by atoms with Gasteiger partial charge in [-0.15, -0.1) is 24.0 Å². The third-order valence-corrected chi connectivity index (χ3v) is 5.50. The van der Waals surface area contributed by atoms with E-state index < -0.39 is 0 Å². The molecule has 0 aliphatic carbocycles. The van der Waals surface area contributed by atoms with Crippen LogP contribution in [0.4, 0.5) is 0 Å². The predicted octanol–water partition coefficient (Wildman–Crippen LogP) is 2.43. The largest absolute Gasteiger partial charge is 0.357 e. The van der Waals surface area contributed by atoms with E-state index in [1.54, 1.807) is 0 Å². The minimum absolute atomic E-state index is 0. The number of amides is 1. The number of hydrogen-bond donors (Lipinski definition) is 2. The van der Waals surface area contributed by atoms with Crippen molar-refractivity contribution >= 4 is 35.8 Å². The Hall–Kier alpha value is -0.570. The van der Waals surface area contributed by atoms with Gasteiger partial charge in [-0.05, 0) is 52.1 Å². The molecule has 7 heteroatoms. The molecule has 2 heterocycles. The van der Waals surface area contributed by atoms with Gasteiger partial charge < -0.3 is 15.5 Å². The highest BCUT2D eigenvalue weighted by Crippen LogP contribution is 2.18. The van der Waals surface area contributed by atoms with Gasteiger partial charge in [-0.2, -0.15) is 0 Å². The maximum absolute atomic E-state index is 11.9. The van der Waals surface area contributed by atoms with Gasteiger partial charge in [0.1, 0.15) is 0 Å². The lowest BCUT2D eigenvalue weighted by Crippen LogP contribution is -2.42. The molecule has 2 rings (SSSR count). The lowest BCUT2D eigenvalue weighted by Gasteiger charge is -2.27. The highest BCUT2D eigenvalue weighted by molar-refractivity contribution is 14.0. The number of hydrogen-bond acceptors (Lipinski definition) is 3. The first kappa shape index (κ1) is 23.5. The van der Waals surface area contributed by atoms with Crippen molar-refractivity contribution in [1.82, 2.24) is 20.4 Å². The third kappa shape index (κ3) is 6.87. The Morgan fingerprint density at radius 2 is 2.04 bits per heavy atom. The summed E-state index contributed by atoms with van der Waals surface area (Å²) in [4.78, 5) is 21.3. The molecule has 152 valence electrons. The zero-order chi connectivity index (χ0) is 18.1. The molecule has 1 amide bonds. The minimum atomic E-state index is 0. The number of nitrogens with one attached hydrogen (secondary N) is 2. The molecule has 2 aliphatic rings. The van der Waals surface area contributed by atoms with Gasteiger partial charge in [0.2, 0.25) is 5.91 Å². The fourth-order valence-electron chi connectivity index (χ4n) is 4.05. The Kier molecular flexibility index (Phi) is 11.5. The molecule has 2 N–H and O–H groups in total. The molecule has 26 heavy (non-hydrogen) atoms. The van der Waals surface area contributed by atoms with Crippen molar-refractivity contribution in [3.05, 3.63) is 0 Å². The number of aliphatic imine (C=N–C) groups is 1. The number of nitrogens with zero attached hydrogens (tertiary/aromatic N) is 3. The molecule has 6 nitrogen and oxygen atoms in total. The fourth-order valence-corrected chi connectivity index (χ4v) is 4.05. The van der Waals surface area contributed by atoms with E-state index in [1.807, 2.05) is 0 Å². The highest BCUT2D eigenvalue weighted by atomic mass is 127. The quantitative estimate of drug-likeness (QED) is 0.303. The van der Waals surface area contributed by atoms with Crippen molar-refractivity contribution in [3.8, 4) is 0 Å². The SMILES string of the molecule is CCNC(=NCC1CCCN1CC)NCCC(CC)N1CCCC1=O.I. The average molecular weight is 479 g/mol. The van der Waals surface area contributed by atoms with Crippen molar-refractivity contribution in [2.24, 2.45) is 4.99 Å². The van der Waals surface area contributed by atoms with Crippen molar-refractivity contribution in [2.45, 2.75) is 71.4 Å². The topological polar surface area (TPSA) is 60.0 Å². The van der Waals surface area contributed by atoms with Gasteiger partial charge >= 0.3 is 0 Å². The van der Waals surface area contributed by atoms with Crippen LogP contribution in [0, 0.1) is 0 Å². The predicted molar refractivity (Wildman–Crippen MR) is 119 cm³/mol.